The zero-order valence-electron chi connectivity index (χ0n) is 10.8. The lowest BCUT2D eigenvalue weighted by Gasteiger charge is -2.10. The zero-order valence-corrected chi connectivity index (χ0v) is 12.3. The van der Waals surface area contributed by atoms with E-state index >= 15 is 0 Å². The first kappa shape index (κ1) is 14.4. The minimum Gasteiger partial charge on any atom is -0.350 e. The summed E-state index contributed by atoms with van der Waals surface area (Å²) in [7, 11) is 0. The molecule has 19 heavy (non-hydrogen) atoms. The van der Waals surface area contributed by atoms with Gasteiger partial charge in [0, 0.05) is 12.1 Å². The molecule has 1 aromatic rings. The monoisotopic (exact) mass is 297 g/mol. The Bertz CT molecular complexity index is 499. The van der Waals surface area contributed by atoms with Gasteiger partial charge < -0.3 is 5.32 Å². The molecule has 0 radical (unpaired) electrons. The Kier molecular flexibility index (Phi) is 4.89. The summed E-state index contributed by atoms with van der Waals surface area (Å²) < 4.78 is 0. The van der Waals surface area contributed by atoms with Crippen molar-refractivity contribution in [1.29, 1.82) is 0 Å². The molecule has 2 atom stereocenters. The van der Waals surface area contributed by atoms with Gasteiger partial charge in [0.1, 0.15) is 0 Å². The molecule has 1 aliphatic carbocycles. The molecule has 0 heterocycles. The quantitative estimate of drug-likeness (QED) is 0.828. The van der Waals surface area contributed by atoms with Gasteiger partial charge in [0.2, 0.25) is 5.91 Å². The number of hydrogen-bond acceptors (Lipinski definition) is 1. The standard InChI is InChI=1S/C15H17Cl2NO/c1-10-5-7-12(9-10)18-14(19)8-6-11-3-2-4-13(16)15(11)17/h2-4,6,8,10,12H,5,7,9H2,1H3,(H,18,19)/b8-6+. The highest BCUT2D eigenvalue weighted by Crippen LogP contribution is 2.26. The van der Waals surface area contributed by atoms with Crippen LogP contribution in [0.3, 0.4) is 0 Å². The van der Waals surface area contributed by atoms with Gasteiger partial charge in [-0.2, -0.15) is 0 Å². The Morgan fingerprint density at radius 3 is 2.84 bits per heavy atom. The molecule has 2 nitrogen and oxygen atoms in total. The van der Waals surface area contributed by atoms with E-state index in [9.17, 15) is 4.79 Å². The highest BCUT2D eigenvalue weighted by atomic mass is 35.5. The smallest absolute Gasteiger partial charge is 0.244 e. The SMILES string of the molecule is CC1CCC(NC(=O)/C=C/c2cccc(Cl)c2Cl)C1. The highest BCUT2D eigenvalue weighted by molar-refractivity contribution is 6.42. The van der Waals surface area contributed by atoms with Crippen molar-refractivity contribution in [2.24, 2.45) is 5.92 Å². The first-order chi connectivity index (χ1) is 9.06. The average Bonchev–Trinajstić information content (AvgIpc) is 2.76. The van der Waals surface area contributed by atoms with Crippen molar-refractivity contribution in [1.82, 2.24) is 5.32 Å². The van der Waals surface area contributed by atoms with Gasteiger partial charge in [0.05, 0.1) is 10.0 Å². The zero-order chi connectivity index (χ0) is 13.8. The summed E-state index contributed by atoms with van der Waals surface area (Å²) in [5.41, 5.74) is 0.754. The van der Waals surface area contributed by atoms with Gasteiger partial charge in [-0.05, 0) is 42.9 Å². The Hall–Kier alpha value is -0.990. The fourth-order valence-electron chi connectivity index (χ4n) is 2.40. The van der Waals surface area contributed by atoms with E-state index in [4.69, 9.17) is 23.2 Å². The number of amides is 1. The molecule has 2 rings (SSSR count). The lowest BCUT2D eigenvalue weighted by Crippen LogP contribution is -2.31. The van der Waals surface area contributed by atoms with Gasteiger partial charge in [0.15, 0.2) is 0 Å². The predicted octanol–water partition coefficient (Wildman–Crippen LogP) is 4.31. The summed E-state index contributed by atoms with van der Waals surface area (Å²) in [6.45, 7) is 2.22. The molecule has 1 aliphatic rings. The van der Waals surface area contributed by atoms with Crippen LogP contribution in [0.2, 0.25) is 10.0 Å². The third kappa shape index (κ3) is 3.99. The minimum absolute atomic E-state index is 0.0739. The Balaban J connectivity index is 1.94. The van der Waals surface area contributed by atoms with Crippen LogP contribution in [0.25, 0.3) is 6.08 Å². The molecule has 1 fully saturated rings. The normalized spacial score (nSPS) is 22.9. The lowest BCUT2D eigenvalue weighted by molar-refractivity contribution is -0.117. The average molecular weight is 298 g/mol. The topological polar surface area (TPSA) is 29.1 Å². The van der Waals surface area contributed by atoms with Crippen molar-refractivity contribution >= 4 is 35.2 Å². The first-order valence-electron chi connectivity index (χ1n) is 6.49. The second-order valence-corrected chi connectivity index (χ2v) is 5.89. The number of carbonyl (C=O) groups is 1. The lowest BCUT2D eigenvalue weighted by atomic mass is 10.1. The van der Waals surface area contributed by atoms with E-state index in [-0.39, 0.29) is 5.91 Å². The van der Waals surface area contributed by atoms with Crippen LogP contribution in [-0.2, 0) is 4.79 Å². The molecular weight excluding hydrogens is 281 g/mol. The second-order valence-electron chi connectivity index (χ2n) is 5.10. The molecule has 102 valence electrons. The van der Waals surface area contributed by atoms with Gasteiger partial charge in [0.25, 0.3) is 0 Å². The number of benzene rings is 1. The maximum Gasteiger partial charge on any atom is 0.244 e. The van der Waals surface area contributed by atoms with Crippen LogP contribution in [-0.4, -0.2) is 11.9 Å². The van der Waals surface area contributed by atoms with Crippen LogP contribution >= 0.6 is 23.2 Å². The molecule has 0 aliphatic heterocycles. The maximum absolute atomic E-state index is 11.8. The maximum atomic E-state index is 11.8. The molecule has 1 saturated carbocycles. The summed E-state index contributed by atoms with van der Waals surface area (Å²) in [5, 5.41) is 3.98. The molecular formula is C15H17Cl2NO. The van der Waals surface area contributed by atoms with E-state index in [0.717, 1.165) is 18.4 Å². The fraction of sp³-hybridized carbons (Fsp3) is 0.400. The van der Waals surface area contributed by atoms with Crippen LogP contribution in [0.1, 0.15) is 31.7 Å². The summed E-state index contributed by atoms with van der Waals surface area (Å²) in [6.07, 6.45) is 6.54. The molecule has 1 N–H and O–H groups in total. The highest BCUT2D eigenvalue weighted by Gasteiger charge is 2.21. The number of rotatable bonds is 3. The van der Waals surface area contributed by atoms with Gasteiger partial charge in [-0.15, -0.1) is 0 Å². The number of nitrogens with one attached hydrogen (secondary N) is 1. The third-order valence-electron chi connectivity index (χ3n) is 3.44. The summed E-state index contributed by atoms with van der Waals surface area (Å²) in [6, 6.07) is 5.67. The van der Waals surface area contributed by atoms with Crippen molar-refractivity contribution in [2.45, 2.75) is 32.2 Å². The number of carbonyl (C=O) groups excluding carboxylic acids is 1. The van der Waals surface area contributed by atoms with Crippen LogP contribution in [0.4, 0.5) is 0 Å². The third-order valence-corrected chi connectivity index (χ3v) is 4.27. The fourth-order valence-corrected chi connectivity index (χ4v) is 2.77. The molecule has 0 spiro atoms. The van der Waals surface area contributed by atoms with Gasteiger partial charge >= 0.3 is 0 Å². The van der Waals surface area contributed by atoms with E-state index in [1.54, 1.807) is 12.1 Å². The van der Waals surface area contributed by atoms with Crippen molar-refractivity contribution in [3.63, 3.8) is 0 Å². The van der Waals surface area contributed by atoms with E-state index in [1.165, 1.54) is 12.5 Å². The second kappa shape index (κ2) is 6.44. The van der Waals surface area contributed by atoms with Crippen LogP contribution in [0.5, 0.6) is 0 Å². The first-order valence-corrected chi connectivity index (χ1v) is 7.24. The van der Waals surface area contributed by atoms with Crippen molar-refractivity contribution < 1.29 is 4.79 Å². The summed E-state index contributed by atoms with van der Waals surface area (Å²) >= 11 is 12.0. The predicted molar refractivity (Wildman–Crippen MR) is 80.4 cm³/mol. The van der Waals surface area contributed by atoms with Crippen molar-refractivity contribution in [3.8, 4) is 0 Å². The van der Waals surface area contributed by atoms with Gasteiger partial charge in [-0.1, -0.05) is 42.3 Å². The Morgan fingerprint density at radius 1 is 1.37 bits per heavy atom. The van der Waals surface area contributed by atoms with Crippen molar-refractivity contribution in [2.75, 3.05) is 0 Å². The van der Waals surface area contributed by atoms with Crippen LogP contribution in [0, 0.1) is 5.92 Å². The molecule has 1 aromatic carbocycles. The molecule has 2 unspecified atom stereocenters. The van der Waals surface area contributed by atoms with E-state index < -0.39 is 0 Å². The largest absolute Gasteiger partial charge is 0.350 e. The number of halogens is 2. The molecule has 0 saturated heterocycles. The van der Waals surface area contributed by atoms with Gasteiger partial charge in [-0.3, -0.25) is 4.79 Å². The molecule has 0 bridgehead atoms. The van der Waals surface area contributed by atoms with Crippen LogP contribution in [0.15, 0.2) is 24.3 Å². The Labute approximate surface area is 123 Å². The minimum atomic E-state index is -0.0739. The van der Waals surface area contributed by atoms with E-state index in [2.05, 4.69) is 12.2 Å². The number of hydrogen-bond donors (Lipinski definition) is 1. The summed E-state index contributed by atoms with van der Waals surface area (Å²) in [5.74, 6) is 0.631. The molecule has 0 aromatic heterocycles. The van der Waals surface area contributed by atoms with E-state index in [0.29, 0.717) is 22.0 Å². The van der Waals surface area contributed by atoms with Gasteiger partial charge in [-0.25, -0.2) is 0 Å². The molecule has 1 amide bonds. The summed E-state index contributed by atoms with van der Waals surface area (Å²) in [4.78, 5) is 11.8. The van der Waals surface area contributed by atoms with Crippen LogP contribution < -0.4 is 5.32 Å². The van der Waals surface area contributed by atoms with Crippen molar-refractivity contribution in [3.05, 3.63) is 39.9 Å². The Morgan fingerprint density at radius 2 is 2.16 bits per heavy atom. The van der Waals surface area contributed by atoms with E-state index in [1.807, 2.05) is 12.1 Å². The molecule has 4 heteroatoms.